The molecule has 40 heavy (non-hydrogen) atoms. The third-order valence-electron chi connectivity index (χ3n) is 8.06. The minimum Gasteiger partial charge on any atom is -0.451 e. The minimum absolute atomic E-state index is 0.0313. The molecule has 0 radical (unpaired) electrons. The van der Waals surface area contributed by atoms with Gasteiger partial charge in [0.25, 0.3) is 5.56 Å². The van der Waals surface area contributed by atoms with Crippen molar-refractivity contribution in [2.75, 3.05) is 57.3 Å². The molecule has 3 aliphatic rings. The molecule has 3 atom stereocenters. The maximum absolute atomic E-state index is 13.9. The predicted molar refractivity (Wildman–Crippen MR) is 152 cm³/mol. The number of aryl methyl sites for hydroxylation is 1. The fraction of sp³-hybridized carbons (Fsp3) is 0.552. The van der Waals surface area contributed by atoms with Crippen LogP contribution in [0.15, 0.2) is 35.1 Å². The first-order chi connectivity index (χ1) is 19.0. The highest BCUT2D eigenvalue weighted by Crippen LogP contribution is 2.40. The Morgan fingerprint density at radius 2 is 1.95 bits per heavy atom. The normalized spacial score (nSPS) is 25.0. The van der Waals surface area contributed by atoms with E-state index in [0.29, 0.717) is 44.2 Å². The number of primary amides is 1. The minimum atomic E-state index is -0.610. The number of pyridine rings is 1. The number of nitrogens with one attached hydrogen (secondary N) is 2. The van der Waals surface area contributed by atoms with Crippen molar-refractivity contribution in [3.05, 3.63) is 51.9 Å². The average molecular weight is 553 g/mol. The standard InChI is InChI=1S/C29H40N6O5/c1-18-5-7-21(8-6-18)40-23-11-22-26(32-28(23)38)29(3,4)17-35(22)25(36)16-34-13-19(2)31-12-20(34)14-33-9-10-39-24(15-33)27(30)37/h5-8,11,19-20,24,31H,9-10,12-17H2,1-4H3,(H2,30,37)(H,32,38)/t19-,20-,24?/m1/s1. The number of hydrogen-bond donors (Lipinski definition) is 3. The number of ether oxygens (including phenoxy) is 2. The lowest BCUT2D eigenvalue weighted by molar-refractivity contribution is -0.135. The average Bonchev–Trinajstić information content (AvgIpc) is 3.17. The SMILES string of the molecule is Cc1ccc(Oc2cc3c([nH]c2=O)C(C)(C)CN3C(=O)CN2C[C@@H](C)NC[C@@H]2CN2CCOC(C(N)=O)C2)cc1. The largest absolute Gasteiger partial charge is 0.451 e. The number of morpholine rings is 1. The molecule has 1 unspecified atom stereocenters. The molecule has 0 spiro atoms. The fourth-order valence-corrected chi connectivity index (χ4v) is 5.82. The first-order valence-electron chi connectivity index (χ1n) is 13.9. The van der Waals surface area contributed by atoms with Crippen LogP contribution in [0.5, 0.6) is 11.5 Å². The third-order valence-corrected chi connectivity index (χ3v) is 8.06. The Morgan fingerprint density at radius 3 is 2.67 bits per heavy atom. The summed E-state index contributed by atoms with van der Waals surface area (Å²) in [5, 5.41) is 3.53. The summed E-state index contributed by atoms with van der Waals surface area (Å²) in [6.45, 7) is 12.6. The molecule has 11 nitrogen and oxygen atoms in total. The number of hydrogen-bond acceptors (Lipinski definition) is 8. The molecule has 2 amide bonds. The number of fused-ring (bicyclic) bond motifs is 1. The van der Waals surface area contributed by atoms with Crippen LogP contribution in [0.25, 0.3) is 0 Å². The molecule has 11 heteroatoms. The molecule has 2 saturated heterocycles. The van der Waals surface area contributed by atoms with Crippen LogP contribution < -0.4 is 26.2 Å². The molecular formula is C29H40N6O5. The number of H-pyrrole nitrogens is 1. The van der Waals surface area contributed by atoms with Crippen molar-refractivity contribution in [3.8, 4) is 11.5 Å². The number of aromatic amines is 1. The Labute approximate surface area is 234 Å². The van der Waals surface area contributed by atoms with E-state index in [2.05, 4.69) is 27.0 Å². The Balaban J connectivity index is 1.34. The van der Waals surface area contributed by atoms with Gasteiger partial charge in [-0.05, 0) is 26.0 Å². The Bertz CT molecular complexity index is 1310. The number of nitrogens with two attached hydrogens (primary N) is 1. The van der Waals surface area contributed by atoms with Crippen LogP contribution in [0.3, 0.4) is 0 Å². The summed E-state index contributed by atoms with van der Waals surface area (Å²) in [6.07, 6.45) is -0.610. The molecule has 1 aromatic carbocycles. The van der Waals surface area contributed by atoms with Gasteiger partial charge in [0.1, 0.15) is 11.9 Å². The first-order valence-corrected chi connectivity index (χ1v) is 13.9. The molecule has 0 bridgehead atoms. The van der Waals surface area contributed by atoms with Crippen LogP contribution >= 0.6 is 0 Å². The van der Waals surface area contributed by atoms with Crippen molar-refractivity contribution in [1.82, 2.24) is 20.1 Å². The van der Waals surface area contributed by atoms with E-state index in [0.717, 1.165) is 24.3 Å². The number of carbonyl (C=O) groups is 2. The lowest BCUT2D eigenvalue weighted by Crippen LogP contribution is -2.62. The van der Waals surface area contributed by atoms with Crippen molar-refractivity contribution < 1.29 is 19.1 Å². The van der Waals surface area contributed by atoms with Gasteiger partial charge in [-0.2, -0.15) is 0 Å². The van der Waals surface area contributed by atoms with E-state index in [9.17, 15) is 14.4 Å². The van der Waals surface area contributed by atoms with Crippen LogP contribution in [-0.2, 0) is 19.7 Å². The van der Waals surface area contributed by atoms with Gasteiger partial charge in [0.15, 0.2) is 5.75 Å². The van der Waals surface area contributed by atoms with Gasteiger partial charge in [0.2, 0.25) is 11.8 Å². The number of piperazine rings is 1. The van der Waals surface area contributed by atoms with Crippen LogP contribution in [0.2, 0.25) is 0 Å². The third kappa shape index (κ3) is 6.07. The zero-order chi connectivity index (χ0) is 28.6. The number of nitrogens with zero attached hydrogens (tertiary/aromatic N) is 3. The maximum Gasteiger partial charge on any atom is 0.291 e. The first kappa shape index (κ1) is 28.3. The smallest absolute Gasteiger partial charge is 0.291 e. The van der Waals surface area contributed by atoms with Gasteiger partial charge in [-0.25, -0.2) is 0 Å². The van der Waals surface area contributed by atoms with Gasteiger partial charge in [-0.1, -0.05) is 31.5 Å². The van der Waals surface area contributed by atoms with Gasteiger partial charge in [0.05, 0.1) is 18.8 Å². The molecule has 4 N–H and O–H groups in total. The topological polar surface area (TPSA) is 133 Å². The number of carbonyl (C=O) groups excluding carboxylic acids is 2. The number of anilines is 1. The van der Waals surface area contributed by atoms with Gasteiger partial charge < -0.3 is 30.4 Å². The van der Waals surface area contributed by atoms with E-state index in [4.69, 9.17) is 15.2 Å². The number of amides is 2. The molecule has 5 rings (SSSR count). The van der Waals surface area contributed by atoms with Gasteiger partial charge in [0, 0.05) is 68.5 Å². The second-order valence-electron chi connectivity index (χ2n) is 11.9. The molecule has 2 aromatic rings. The molecule has 1 aromatic heterocycles. The lowest BCUT2D eigenvalue weighted by atomic mass is 9.91. The Morgan fingerprint density at radius 1 is 1.20 bits per heavy atom. The Hall–Kier alpha value is -3.25. The van der Waals surface area contributed by atoms with Crippen molar-refractivity contribution in [2.24, 2.45) is 5.73 Å². The van der Waals surface area contributed by atoms with Gasteiger partial charge in [-0.3, -0.25) is 24.2 Å². The van der Waals surface area contributed by atoms with Gasteiger partial charge >= 0.3 is 0 Å². The highest BCUT2D eigenvalue weighted by atomic mass is 16.5. The van der Waals surface area contributed by atoms with Crippen molar-refractivity contribution in [1.29, 1.82) is 0 Å². The molecule has 0 aliphatic carbocycles. The monoisotopic (exact) mass is 552 g/mol. The van der Waals surface area contributed by atoms with E-state index in [-0.39, 0.29) is 35.8 Å². The number of aromatic nitrogens is 1. The zero-order valence-electron chi connectivity index (χ0n) is 23.7. The van der Waals surface area contributed by atoms with Gasteiger partial charge in [-0.15, -0.1) is 0 Å². The second kappa shape index (κ2) is 11.3. The van der Waals surface area contributed by atoms with Crippen LogP contribution in [0, 0.1) is 6.92 Å². The molecule has 0 saturated carbocycles. The predicted octanol–water partition coefficient (Wildman–Crippen LogP) is 0.948. The molecule has 3 aliphatic heterocycles. The summed E-state index contributed by atoms with van der Waals surface area (Å²) in [6, 6.07) is 9.49. The molecular weight excluding hydrogens is 512 g/mol. The summed E-state index contributed by atoms with van der Waals surface area (Å²) in [7, 11) is 0. The van der Waals surface area contributed by atoms with E-state index < -0.39 is 17.4 Å². The van der Waals surface area contributed by atoms with Crippen LogP contribution in [0.4, 0.5) is 5.69 Å². The van der Waals surface area contributed by atoms with E-state index in [1.165, 1.54) is 0 Å². The highest BCUT2D eigenvalue weighted by Gasteiger charge is 2.41. The van der Waals surface area contributed by atoms with Crippen molar-refractivity contribution in [2.45, 2.75) is 51.3 Å². The number of benzene rings is 1. The lowest BCUT2D eigenvalue weighted by Gasteiger charge is -2.43. The second-order valence-corrected chi connectivity index (χ2v) is 11.9. The quantitative estimate of drug-likeness (QED) is 0.463. The van der Waals surface area contributed by atoms with Crippen LogP contribution in [0.1, 0.15) is 32.0 Å². The van der Waals surface area contributed by atoms with Crippen molar-refractivity contribution in [3.63, 3.8) is 0 Å². The number of rotatable bonds is 7. The van der Waals surface area contributed by atoms with E-state index in [1.54, 1.807) is 11.0 Å². The summed E-state index contributed by atoms with van der Waals surface area (Å²) in [5.41, 5.74) is 7.24. The van der Waals surface area contributed by atoms with E-state index in [1.807, 2.05) is 45.0 Å². The molecule has 2 fully saturated rings. The molecule has 4 heterocycles. The highest BCUT2D eigenvalue weighted by molar-refractivity contribution is 5.97. The van der Waals surface area contributed by atoms with Crippen molar-refractivity contribution >= 4 is 17.5 Å². The summed E-state index contributed by atoms with van der Waals surface area (Å²) in [4.78, 5) is 47.6. The van der Waals surface area contributed by atoms with E-state index >= 15 is 0 Å². The van der Waals surface area contributed by atoms with Crippen LogP contribution in [-0.4, -0.2) is 97.2 Å². The Kier molecular flexibility index (Phi) is 8.01. The zero-order valence-corrected chi connectivity index (χ0v) is 23.7. The molecule has 216 valence electrons. The maximum atomic E-state index is 13.9. The summed E-state index contributed by atoms with van der Waals surface area (Å²) in [5.74, 6) is 0.232. The fourth-order valence-electron chi connectivity index (χ4n) is 5.82. The summed E-state index contributed by atoms with van der Waals surface area (Å²) >= 11 is 0. The summed E-state index contributed by atoms with van der Waals surface area (Å²) < 4.78 is 11.4.